The lowest BCUT2D eigenvalue weighted by molar-refractivity contribution is -0.134. The van der Waals surface area contributed by atoms with Crippen molar-refractivity contribution < 1.29 is 4.79 Å². The second-order valence-corrected chi connectivity index (χ2v) is 8.84. The fourth-order valence-corrected chi connectivity index (χ4v) is 4.84. The number of rotatable bonds is 3. The van der Waals surface area contributed by atoms with E-state index in [1.54, 1.807) is 0 Å². The lowest BCUT2D eigenvalue weighted by Gasteiger charge is -2.33. The molecular weight excluding hydrogens is 430 g/mol. The molecule has 1 aromatic carbocycles. The molecule has 0 spiro atoms. The first kappa shape index (κ1) is 18.8. The van der Waals surface area contributed by atoms with E-state index in [9.17, 15) is 4.79 Å². The molecule has 150 valence electrons. The average Bonchev–Trinajstić information content (AvgIpc) is 3.42. The number of carbonyl (C=O) groups excluding carboxylic acids is 1. The number of aromatic amines is 1. The Hall–Kier alpha value is -2.22. The van der Waals surface area contributed by atoms with Crippen LogP contribution in [-0.2, 0) is 4.79 Å². The molecule has 0 saturated carbocycles. The van der Waals surface area contributed by atoms with Crippen molar-refractivity contribution in [2.45, 2.75) is 37.3 Å². The van der Waals surface area contributed by atoms with E-state index in [-0.39, 0.29) is 18.0 Å². The number of amides is 1. The summed E-state index contributed by atoms with van der Waals surface area (Å²) in [5.74, 6) is 0.679. The predicted octanol–water partition coefficient (Wildman–Crippen LogP) is 3.64. The Morgan fingerprint density at radius 1 is 1.10 bits per heavy atom. The average molecular weight is 454 g/mol. The minimum absolute atomic E-state index is 0.160. The highest BCUT2D eigenvalue weighted by Gasteiger charge is 2.34. The second kappa shape index (κ2) is 7.89. The standard InChI is InChI=1S/C22H24BrN5O/c23-16-5-3-15(4-6-16)19-12-20(27-26-19)22(29)28-10-7-14(8-11-28)18-13-25-21-17(18)2-1-9-24-21/h1-6,9,13-14,19-20,26-27H,7-8,10-12H2,(H,24,25). The van der Waals surface area contributed by atoms with Crippen molar-refractivity contribution in [1.82, 2.24) is 25.7 Å². The minimum atomic E-state index is -0.169. The zero-order valence-corrected chi connectivity index (χ0v) is 17.7. The van der Waals surface area contributed by atoms with Gasteiger partial charge in [-0.1, -0.05) is 28.1 Å². The third-order valence-corrected chi connectivity index (χ3v) is 6.73. The molecular formula is C22H24BrN5O. The van der Waals surface area contributed by atoms with Gasteiger partial charge in [0, 0.05) is 41.4 Å². The van der Waals surface area contributed by atoms with E-state index in [1.165, 1.54) is 16.5 Å². The number of carbonyl (C=O) groups is 1. The molecule has 2 aromatic heterocycles. The number of aromatic nitrogens is 2. The van der Waals surface area contributed by atoms with Crippen molar-refractivity contribution in [3.05, 3.63) is 64.4 Å². The number of halogens is 1. The number of hydrazine groups is 1. The van der Waals surface area contributed by atoms with Gasteiger partial charge in [0.05, 0.1) is 0 Å². The Labute approximate surface area is 178 Å². The highest BCUT2D eigenvalue weighted by atomic mass is 79.9. The monoisotopic (exact) mass is 453 g/mol. The van der Waals surface area contributed by atoms with Crippen LogP contribution < -0.4 is 10.9 Å². The number of piperidine rings is 1. The molecule has 4 heterocycles. The Balaban J connectivity index is 1.20. The summed E-state index contributed by atoms with van der Waals surface area (Å²) in [5, 5.41) is 1.20. The second-order valence-electron chi connectivity index (χ2n) is 7.92. The van der Waals surface area contributed by atoms with Crippen LogP contribution in [0.3, 0.4) is 0 Å². The highest BCUT2D eigenvalue weighted by Crippen LogP contribution is 2.33. The number of H-pyrrole nitrogens is 1. The molecule has 3 N–H and O–H groups in total. The summed E-state index contributed by atoms with van der Waals surface area (Å²) in [6.45, 7) is 1.61. The van der Waals surface area contributed by atoms with Crippen LogP contribution in [0, 0.1) is 0 Å². The largest absolute Gasteiger partial charge is 0.346 e. The van der Waals surface area contributed by atoms with Gasteiger partial charge in [0.25, 0.3) is 0 Å². The molecule has 2 unspecified atom stereocenters. The first-order chi connectivity index (χ1) is 14.2. The van der Waals surface area contributed by atoms with Gasteiger partial charge in [-0.25, -0.2) is 15.8 Å². The SMILES string of the molecule is O=C(C1CC(c2ccc(Br)cc2)NN1)N1CCC(c2c[nH]c3ncccc23)CC1. The predicted molar refractivity (Wildman–Crippen MR) is 116 cm³/mol. The van der Waals surface area contributed by atoms with Gasteiger partial charge in [0.1, 0.15) is 11.7 Å². The van der Waals surface area contributed by atoms with E-state index in [2.05, 4.69) is 61.1 Å². The number of hydrogen-bond acceptors (Lipinski definition) is 4. The summed E-state index contributed by atoms with van der Waals surface area (Å²) in [4.78, 5) is 22.7. The summed E-state index contributed by atoms with van der Waals surface area (Å²) in [7, 11) is 0. The van der Waals surface area contributed by atoms with Gasteiger partial charge in [-0.2, -0.15) is 0 Å². The molecule has 0 radical (unpaired) electrons. The van der Waals surface area contributed by atoms with Crippen LogP contribution in [0.4, 0.5) is 0 Å². The van der Waals surface area contributed by atoms with Gasteiger partial charge in [0.2, 0.25) is 5.91 Å². The van der Waals surface area contributed by atoms with Crippen molar-refractivity contribution in [2.24, 2.45) is 0 Å². The Morgan fingerprint density at radius 2 is 1.90 bits per heavy atom. The lowest BCUT2D eigenvalue weighted by atomic mass is 9.89. The van der Waals surface area contributed by atoms with Crippen LogP contribution in [0.25, 0.3) is 11.0 Å². The molecule has 2 atom stereocenters. The van der Waals surface area contributed by atoms with Crippen molar-refractivity contribution >= 4 is 32.9 Å². The van der Waals surface area contributed by atoms with Gasteiger partial charge < -0.3 is 9.88 Å². The maximum atomic E-state index is 13.0. The van der Waals surface area contributed by atoms with Crippen LogP contribution in [0.1, 0.15) is 42.3 Å². The van der Waals surface area contributed by atoms with Crippen LogP contribution in [0.5, 0.6) is 0 Å². The molecule has 29 heavy (non-hydrogen) atoms. The Bertz CT molecular complexity index is 1010. The molecule has 0 aliphatic carbocycles. The summed E-state index contributed by atoms with van der Waals surface area (Å²) >= 11 is 3.47. The number of nitrogens with zero attached hydrogens (tertiary/aromatic N) is 2. The minimum Gasteiger partial charge on any atom is -0.346 e. The molecule has 2 saturated heterocycles. The van der Waals surface area contributed by atoms with Crippen molar-refractivity contribution in [1.29, 1.82) is 0 Å². The summed E-state index contributed by atoms with van der Waals surface area (Å²) < 4.78 is 1.06. The summed E-state index contributed by atoms with van der Waals surface area (Å²) in [6, 6.07) is 12.4. The molecule has 3 aromatic rings. The van der Waals surface area contributed by atoms with Crippen LogP contribution in [-0.4, -0.2) is 39.9 Å². The first-order valence-electron chi connectivity index (χ1n) is 10.2. The summed E-state index contributed by atoms with van der Waals surface area (Å²) in [5.41, 5.74) is 9.98. The molecule has 2 aliphatic rings. The quantitative estimate of drug-likeness (QED) is 0.565. The van der Waals surface area contributed by atoms with Gasteiger partial charge >= 0.3 is 0 Å². The third-order valence-electron chi connectivity index (χ3n) is 6.20. The molecule has 2 fully saturated rings. The van der Waals surface area contributed by atoms with Crippen LogP contribution >= 0.6 is 15.9 Å². The maximum absolute atomic E-state index is 13.0. The fraction of sp³-hybridized carbons (Fsp3) is 0.364. The number of benzene rings is 1. The lowest BCUT2D eigenvalue weighted by Crippen LogP contribution is -2.48. The number of nitrogens with one attached hydrogen (secondary N) is 3. The van der Waals surface area contributed by atoms with Gasteiger partial charge in [-0.05, 0) is 60.6 Å². The number of hydrogen-bond donors (Lipinski definition) is 3. The van der Waals surface area contributed by atoms with Gasteiger partial charge in [-0.15, -0.1) is 0 Å². The fourth-order valence-electron chi connectivity index (χ4n) is 4.58. The van der Waals surface area contributed by atoms with E-state index in [0.717, 1.165) is 42.5 Å². The molecule has 5 rings (SSSR count). The molecule has 1 amide bonds. The Kier molecular flexibility index (Phi) is 5.11. The van der Waals surface area contributed by atoms with Crippen molar-refractivity contribution in [3.8, 4) is 0 Å². The molecule has 0 bridgehead atoms. The number of likely N-dealkylation sites (tertiary alicyclic amines) is 1. The smallest absolute Gasteiger partial charge is 0.241 e. The third kappa shape index (κ3) is 3.70. The van der Waals surface area contributed by atoms with Crippen LogP contribution in [0.15, 0.2) is 53.3 Å². The Morgan fingerprint density at radius 3 is 2.69 bits per heavy atom. The first-order valence-corrected chi connectivity index (χ1v) is 11.0. The zero-order chi connectivity index (χ0) is 19.8. The van der Waals surface area contributed by atoms with Gasteiger partial charge in [0.15, 0.2) is 0 Å². The normalized spacial score (nSPS) is 23.0. The van der Waals surface area contributed by atoms with Crippen molar-refractivity contribution in [3.63, 3.8) is 0 Å². The number of pyridine rings is 1. The van der Waals surface area contributed by atoms with Crippen LogP contribution in [0.2, 0.25) is 0 Å². The molecule has 6 nitrogen and oxygen atoms in total. The number of fused-ring (bicyclic) bond motifs is 1. The maximum Gasteiger partial charge on any atom is 0.241 e. The van der Waals surface area contributed by atoms with E-state index in [1.807, 2.05) is 29.3 Å². The van der Waals surface area contributed by atoms with E-state index in [0.29, 0.717) is 5.92 Å². The summed E-state index contributed by atoms with van der Waals surface area (Å²) in [6.07, 6.45) is 6.65. The topological polar surface area (TPSA) is 73.1 Å². The van der Waals surface area contributed by atoms with E-state index < -0.39 is 0 Å². The zero-order valence-electron chi connectivity index (χ0n) is 16.1. The molecule has 2 aliphatic heterocycles. The molecule has 7 heteroatoms. The van der Waals surface area contributed by atoms with E-state index in [4.69, 9.17) is 0 Å². The van der Waals surface area contributed by atoms with E-state index >= 15 is 0 Å². The van der Waals surface area contributed by atoms with Crippen molar-refractivity contribution in [2.75, 3.05) is 13.1 Å². The van der Waals surface area contributed by atoms with Gasteiger partial charge in [-0.3, -0.25) is 4.79 Å². The highest BCUT2D eigenvalue weighted by molar-refractivity contribution is 9.10.